The number of benzene rings is 8. The van der Waals surface area contributed by atoms with Crippen LogP contribution in [0.25, 0.3) is 89.1 Å². The number of rotatable bonds is 8. The SMILES string of the molecule is c1ccc(-c2cccc(-c3cccc(-c4cc(-c5cccc(-c6cccc(-c7ccccc7)c6)c5)cc(-c5cccc(-c6ccccn6)c5)c4)c3)c2)cc1. The average molecular weight is 688 g/mol. The lowest BCUT2D eigenvalue weighted by Crippen LogP contribution is -1.89. The molecule has 0 fully saturated rings. The van der Waals surface area contributed by atoms with Crippen molar-refractivity contribution in [3.05, 3.63) is 225 Å². The van der Waals surface area contributed by atoms with Gasteiger partial charge in [-0.25, -0.2) is 0 Å². The Hall–Kier alpha value is -7.09. The van der Waals surface area contributed by atoms with Crippen LogP contribution in [-0.2, 0) is 0 Å². The Morgan fingerprint density at radius 1 is 0.185 bits per heavy atom. The highest BCUT2D eigenvalue weighted by Gasteiger charge is 2.12. The Kier molecular flexibility index (Phi) is 9.03. The third-order valence-electron chi connectivity index (χ3n) is 10.1. The maximum atomic E-state index is 4.64. The van der Waals surface area contributed by atoms with Crippen molar-refractivity contribution in [2.45, 2.75) is 0 Å². The standard InChI is InChI=1S/C53H37N/c1-3-14-38(15-4-1)40-18-9-20-42(30-40)44-22-11-24-46(32-44)50-35-51(37-52(36-50)48-26-13-27-49(34-48)53-28-7-8-29-54-53)47-25-12-23-45(33-47)43-21-10-19-41(31-43)39-16-5-2-6-17-39/h1-37H. The van der Waals surface area contributed by atoms with Crippen LogP contribution >= 0.6 is 0 Å². The Morgan fingerprint density at radius 3 is 0.796 bits per heavy atom. The maximum absolute atomic E-state index is 4.64. The van der Waals surface area contributed by atoms with E-state index in [-0.39, 0.29) is 0 Å². The summed E-state index contributed by atoms with van der Waals surface area (Å²) in [4.78, 5) is 4.64. The summed E-state index contributed by atoms with van der Waals surface area (Å²) in [5, 5.41) is 0. The molecular formula is C53H37N. The molecule has 9 rings (SSSR count). The third-order valence-corrected chi connectivity index (χ3v) is 10.1. The van der Waals surface area contributed by atoms with Gasteiger partial charge in [0.25, 0.3) is 0 Å². The molecule has 0 unspecified atom stereocenters. The predicted molar refractivity (Wildman–Crippen MR) is 228 cm³/mol. The van der Waals surface area contributed by atoms with Crippen LogP contribution in [-0.4, -0.2) is 4.98 Å². The molecule has 0 aliphatic carbocycles. The Morgan fingerprint density at radius 2 is 0.444 bits per heavy atom. The van der Waals surface area contributed by atoms with Crippen molar-refractivity contribution in [2.75, 3.05) is 0 Å². The maximum Gasteiger partial charge on any atom is 0.0702 e. The van der Waals surface area contributed by atoms with Gasteiger partial charge in [-0.1, -0.05) is 158 Å². The molecule has 8 aromatic carbocycles. The second kappa shape index (κ2) is 14.9. The average Bonchev–Trinajstić information content (AvgIpc) is 3.27. The summed E-state index contributed by atoms with van der Waals surface area (Å²) in [6.07, 6.45) is 1.85. The van der Waals surface area contributed by atoms with E-state index in [2.05, 4.69) is 211 Å². The van der Waals surface area contributed by atoms with Gasteiger partial charge in [0.1, 0.15) is 0 Å². The number of hydrogen-bond donors (Lipinski definition) is 0. The Balaban J connectivity index is 1.15. The highest BCUT2D eigenvalue weighted by Crippen LogP contribution is 2.37. The summed E-state index contributed by atoms with van der Waals surface area (Å²) in [5.41, 5.74) is 18.7. The summed E-state index contributed by atoms with van der Waals surface area (Å²) in [6.45, 7) is 0. The highest BCUT2D eigenvalue weighted by molar-refractivity contribution is 5.86. The first-order valence-electron chi connectivity index (χ1n) is 18.4. The molecule has 0 amide bonds. The van der Waals surface area contributed by atoms with Crippen molar-refractivity contribution in [1.82, 2.24) is 4.98 Å². The van der Waals surface area contributed by atoms with Gasteiger partial charge < -0.3 is 0 Å². The zero-order valence-electron chi connectivity index (χ0n) is 29.8. The summed E-state index contributed by atoms with van der Waals surface area (Å²) >= 11 is 0. The Bertz CT molecular complexity index is 2550. The van der Waals surface area contributed by atoms with Gasteiger partial charge in [0.05, 0.1) is 5.69 Å². The molecule has 1 nitrogen and oxygen atoms in total. The molecule has 1 heterocycles. The van der Waals surface area contributed by atoms with Gasteiger partial charge in [-0.3, -0.25) is 4.98 Å². The van der Waals surface area contributed by atoms with E-state index in [1.807, 2.05) is 18.3 Å². The number of aromatic nitrogens is 1. The van der Waals surface area contributed by atoms with E-state index in [1.54, 1.807) is 0 Å². The van der Waals surface area contributed by atoms with E-state index in [9.17, 15) is 0 Å². The fourth-order valence-electron chi connectivity index (χ4n) is 7.29. The highest BCUT2D eigenvalue weighted by atomic mass is 14.7. The normalized spacial score (nSPS) is 11.0. The van der Waals surface area contributed by atoms with Crippen LogP contribution in [0.5, 0.6) is 0 Å². The van der Waals surface area contributed by atoms with Crippen LogP contribution in [0.2, 0.25) is 0 Å². The van der Waals surface area contributed by atoms with E-state index in [1.165, 1.54) is 66.8 Å². The third kappa shape index (κ3) is 7.04. The van der Waals surface area contributed by atoms with Crippen LogP contribution in [0.15, 0.2) is 225 Å². The van der Waals surface area contributed by atoms with Crippen molar-refractivity contribution in [2.24, 2.45) is 0 Å². The molecule has 0 saturated carbocycles. The van der Waals surface area contributed by atoms with Crippen molar-refractivity contribution in [3.8, 4) is 89.1 Å². The van der Waals surface area contributed by atoms with Crippen LogP contribution in [0.3, 0.4) is 0 Å². The molecule has 0 atom stereocenters. The number of pyridine rings is 1. The molecule has 0 spiro atoms. The fourth-order valence-corrected chi connectivity index (χ4v) is 7.29. The monoisotopic (exact) mass is 687 g/mol. The van der Waals surface area contributed by atoms with Gasteiger partial charge in [0.2, 0.25) is 0 Å². The van der Waals surface area contributed by atoms with Crippen LogP contribution < -0.4 is 0 Å². The molecule has 9 aromatic rings. The molecule has 54 heavy (non-hydrogen) atoms. The van der Waals surface area contributed by atoms with E-state index >= 15 is 0 Å². The first-order valence-corrected chi connectivity index (χ1v) is 18.4. The molecule has 254 valence electrons. The molecule has 0 saturated heterocycles. The lowest BCUT2D eigenvalue weighted by Gasteiger charge is -2.14. The summed E-state index contributed by atoms with van der Waals surface area (Å²) in [7, 11) is 0. The van der Waals surface area contributed by atoms with E-state index < -0.39 is 0 Å². The van der Waals surface area contributed by atoms with Crippen molar-refractivity contribution in [3.63, 3.8) is 0 Å². The van der Waals surface area contributed by atoms with Gasteiger partial charge in [0, 0.05) is 11.8 Å². The fraction of sp³-hybridized carbons (Fsp3) is 0. The van der Waals surface area contributed by atoms with Crippen LogP contribution in [0.4, 0.5) is 0 Å². The molecule has 0 bridgehead atoms. The van der Waals surface area contributed by atoms with Crippen molar-refractivity contribution >= 4 is 0 Å². The van der Waals surface area contributed by atoms with Gasteiger partial charge >= 0.3 is 0 Å². The van der Waals surface area contributed by atoms with Crippen LogP contribution in [0.1, 0.15) is 0 Å². The topological polar surface area (TPSA) is 12.9 Å². The van der Waals surface area contributed by atoms with E-state index in [4.69, 9.17) is 0 Å². The molecule has 1 aromatic heterocycles. The van der Waals surface area contributed by atoms with E-state index in [0.29, 0.717) is 0 Å². The molecular weight excluding hydrogens is 651 g/mol. The second-order valence-electron chi connectivity index (χ2n) is 13.7. The summed E-state index contributed by atoms with van der Waals surface area (Å²) in [6, 6.07) is 78.5. The zero-order chi connectivity index (χ0) is 36.1. The largest absolute Gasteiger partial charge is 0.256 e. The number of hydrogen-bond acceptors (Lipinski definition) is 1. The summed E-state index contributed by atoms with van der Waals surface area (Å²) < 4.78 is 0. The second-order valence-corrected chi connectivity index (χ2v) is 13.7. The lowest BCUT2D eigenvalue weighted by atomic mass is 9.90. The Labute approximate surface area is 317 Å². The van der Waals surface area contributed by atoms with Gasteiger partial charge in [0.15, 0.2) is 0 Å². The zero-order valence-corrected chi connectivity index (χ0v) is 29.8. The molecule has 0 aliphatic rings. The molecule has 0 N–H and O–H groups in total. The van der Waals surface area contributed by atoms with E-state index in [0.717, 1.165) is 22.4 Å². The number of nitrogens with zero attached hydrogens (tertiary/aromatic N) is 1. The minimum absolute atomic E-state index is 0.964. The predicted octanol–water partition coefficient (Wildman–Crippen LogP) is 14.4. The molecule has 0 radical (unpaired) electrons. The molecule has 0 aliphatic heterocycles. The lowest BCUT2D eigenvalue weighted by molar-refractivity contribution is 1.33. The molecule has 1 heteroatoms. The minimum atomic E-state index is 0.964. The first-order chi connectivity index (χ1) is 26.7. The summed E-state index contributed by atoms with van der Waals surface area (Å²) in [5.74, 6) is 0. The van der Waals surface area contributed by atoms with Crippen molar-refractivity contribution < 1.29 is 0 Å². The van der Waals surface area contributed by atoms with Crippen molar-refractivity contribution in [1.29, 1.82) is 0 Å². The minimum Gasteiger partial charge on any atom is -0.256 e. The first kappa shape index (κ1) is 32.8. The smallest absolute Gasteiger partial charge is 0.0702 e. The van der Waals surface area contributed by atoms with Gasteiger partial charge in [-0.2, -0.15) is 0 Å². The van der Waals surface area contributed by atoms with Gasteiger partial charge in [-0.15, -0.1) is 0 Å². The van der Waals surface area contributed by atoms with Gasteiger partial charge in [-0.05, 0) is 139 Å². The van der Waals surface area contributed by atoms with Crippen LogP contribution in [0, 0.1) is 0 Å². The quantitative estimate of drug-likeness (QED) is 0.155.